The number of hydrogen-bond acceptors (Lipinski definition) is 11. The fourth-order valence-corrected chi connectivity index (χ4v) is 8.41. The summed E-state index contributed by atoms with van der Waals surface area (Å²) in [6.45, 7) is 10.1. The van der Waals surface area contributed by atoms with E-state index in [1.807, 2.05) is 46.4 Å². The lowest BCUT2D eigenvalue weighted by atomic mass is 9.90. The third-order valence-electron chi connectivity index (χ3n) is 10.4. The lowest BCUT2D eigenvalue weighted by molar-refractivity contribution is -0.138. The molecule has 1 saturated carbocycles. The normalized spacial score (nSPS) is 17.3. The Bertz CT molecular complexity index is 2570. The molecule has 1 unspecified atom stereocenters. The van der Waals surface area contributed by atoms with Gasteiger partial charge in [0.1, 0.15) is 29.7 Å². The molecule has 4 heterocycles. The van der Waals surface area contributed by atoms with Crippen LogP contribution in [0.3, 0.4) is 0 Å². The van der Waals surface area contributed by atoms with Crippen LogP contribution in [-0.4, -0.2) is 61.4 Å². The molecule has 3 aliphatic rings. The Morgan fingerprint density at radius 2 is 1.55 bits per heavy atom. The van der Waals surface area contributed by atoms with E-state index in [-0.39, 0.29) is 35.1 Å². The zero-order valence-electron chi connectivity index (χ0n) is 34.7. The van der Waals surface area contributed by atoms with Crippen molar-refractivity contribution in [3.8, 4) is 5.75 Å². The molecule has 62 heavy (non-hydrogen) atoms. The molecule has 0 radical (unpaired) electrons. The topological polar surface area (TPSA) is 170 Å². The summed E-state index contributed by atoms with van der Waals surface area (Å²) in [5.41, 5.74) is 5.39. The molecule has 0 bridgehead atoms. The number of hydrogen-bond donors (Lipinski definition) is 4. The van der Waals surface area contributed by atoms with Gasteiger partial charge in [-0.15, -0.1) is 0 Å². The number of ketones is 1. The molecule has 0 spiro atoms. The first-order valence-corrected chi connectivity index (χ1v) is 21.2. The van der Waals surface area contributed by atoms with E-state index in [2.05, 4.69) is 69.2 Å². The molecule has 324 valence electrons. The highest BCUT2D eigenvalue weighted by Gasteiger charge is 2.35. The molecule has 4 aromatic carbocycles. The Hall–Kier alpha value is -5.97. The monoisotopic (exact) mass is 884 g/mol. The number of carboxylic acid groups (broad SMARTS) is 1. The molecule has 2 aliphatic heterocycles. The van der Waals surface area contributed by atoms with E-state index in [0.29, 0.717) is 23.9 Å². The first-order chi connectivity index (χ1) is 29.5. The van der Waals surface area contributed by atoms with Crippen molar-refractivity contribution in [3.63, 3.8) is 0 Å². The molecular formula is C45H47ClF2N8O5S. The Morgan fingerprint density at radius 1 is 0.952 bits per heavy atom. The maximum absolute atomic E-state index is 15.6. The van der Waals surface area contributed by atoms with Crippen molar-refractivity contribution in [1.82, 2.24) is 24.6 Å². The zero-order chi connectivity index (χ0) is 44.5. The largest absolute Gasteiger partial charge is 0.477 e. The first-order valence-electron chi connectivity index (χ1n) is 20.0. The molecule has 17 heteroatoms. The van der Waals surface area contributed by atoms with Crippen LogP contribution in [0.4, 0.5) is 31.5 Å². The Labute approximate surface area is 366 Å². The maximum Gasteiger partial charge on any atom is 0.341 e. The molecule has 9 rings (SSSR count). The van der Waals surface area contributed by atoms with Crippen molar-refractivity contribution in [2.24, 2.45) is 5.41 Å². The van der Waals surface area contributed by atoms with Crippen LogP contribution in [-0.2, 0) is 4.79 Å². The van der Waals surface area contributed by atoms with E-state index in [9.17, 15) is 19.5 Å². The Kier molecular flexibility index (Phi) is 12.9. The fraction of sp³-hybridized carbons (Fsp3) is 0.311. The number of para-hydroxylation sites is 2. The number of fused-ring (bicyclic) bond motifs is 3. The van der Waals surface area contributed by atoms with Gasteiger partial charge in [-0.3, -0.25) is 9.59 Å². The molecule has 2 fully saturated rings. The molecule has 0 amide bonds. The number of nitrogens with one attached hydrogen (secondary N) is 2. The number of benzene rings is 4. The van der Waals surface area contributed by atoms with Gasteiger partial charge in [0, 0.05) is 57.6 Å². The molecule has 2 aromatic heterocycles. The summed E-state index contributed by atoms with van der Waals surface area (Å²) < 4.78 is 39.4. The van der Waals surface area contributed by atoms with Crippen molar-refractivity contribution in [2.45, 2.75) is 81.6 Å². The predicted molar refractivity (Wildman–Crippen MR) is 238 cm³/mol. The number of Topliss-reactive ketones (excluding diaryl/α,β-unsaturated/α-hetero) is 1. The molecule has 1 aliphatic carbocycles. The van der Waals surface area contributed by atoms with Crippen molar-refractivity contribution < 1.29 is 28.2 Å². The number of nitrogen functional groups attached to an aromatic ring is 1. The van der Waals surface area contributed by atoms with E-state index in [1.54, 1.807) is 29.2 Å². The van der Waals surface area contributed by atoms with Crippen LogP contribution in [0, 0.1) is 17.0 Å². The minimum absolute atomic E-state index is 0.0134. The van der Waals surface area contributed by atoms with Crippen molar-refractivity contribution >= 4 is 68.8 Å². The number of pyridine rings is 1. The van der Waals surface area contributed by atoms with Crippen LogP contribution in [0.1, 0.15) is 70.1 Å². The third kappa shape index (κ3) is 9.57. The van der Waals surface area contributed by atoms with Gasteiger partial charge in [-0.25, -0.2) is 23.2 Å². The lowest BCUT2D eigenvalue weighted by Gasteiger charge is -2.38. The number of nitrogens with zero attached hydrogens (tertiary/aromatic N) is 5. The molecule has 3 atom stereocenters. The SMILES string of the molecule is CC(C)(C)C(=O)C(Oc1ccc(Cl)cc1)n1cncn1.C[C@@H]1CN(c2c(F)c(N)c3c(=O)c(C(=O)O)cn(C4CC4)c3c2F)C[C@H](C)N1.c1ccc2c(c1)Nc1ccccc1S2. The second-order valence-electron chi connectivity index (χ2n) is 16.4. The van der Waals surface area contributed by atoms with E-state index in [0.717, 1.165) is 19.0 Å². The highest BCUT2D eigenvalue weighted by Crippen LogP contribution is 2.44. The molecule has 6 aromatic rings. The fourth-order valence-electron chi connectivity index (χ4n) is 7.29. The van der Waals surface area contributed by atoms with Gasteiger partial charge in [-0.1, -0.05) is 68.4 Å². The van der Waals surface area contributed by atoms with Crippen LogP contribution in [0.15, 0.2) is 106 Å². The summed E-state index contributed by atoms with van der Waals surface area (Å²) in [6, 6.07) is 23.5. The summed E-state index contributed by atoms with van der Waals surface area (Å²) in [5.74, 6) is -2.88. The van der Waals surface area contributed by atoms with Gasteiger partial charge in [0.05, 0.1) is 28.0 Å². The Morgan fingerprint density at radius 3 is 2.08 bits per heavy atom. The van der Waals surface area contributed by atoms with Crippen LogP contribution in [0.2, 0.25) is 5.02 Å². The predicted octanol–water partition coefficient (Wildman–Crippen LogP) is 9.10. The molecular weight excluding hydrogens is 838 g/mol. The van der Waals surface area contributed by atoms with E-state index >= 15 is 8.78 Å². The van der Waals surface area contributed by atoms with Gasteiger partial charge in [0.25, 0.3) is 6.23 Å². The van der Waals surface area contributed by atoms with Gasteiger partial charge >= 0.3 is 5.97 Å². The number of nitrogens with two attached hydrogens (primary N) is 1. The summed E-state index contributed by atoms with van der Waals surface area (Å²) in [4.78, 5) is 44.7. The highest BCUT2D eigenvalue weighted by molar-refractivity contribution is 7.99. The number of piperazine rings is 1. The summed E-state index contributed by atoms with van der Waals surface area (Å²) in [5, 5.41) is 20.3. The number of carboxylic acids is 1. The number of aromatic carboxylic acids is 1. The van der Waals surface area contributed by atoms with Crippen LogP contribution in [0.25, 0.3) is 10.9 Å². The average molecular weight is 885 g/mol. The minimum atomic E-state index is -1.45. The number of halogens is 3. The number of carbonyl (C=O) groups excluding carboxylic acids is 1. The average Bonchev–Trinajstić information content (AvgIpc) is 3.94. The quantitative estimate of drug-likeness (QED) is 0.112. The number of anilines is 4. The molecule has 5 N–H and O–H groups in total. The standard InChI is InChI=1S/C19H22F2N4O3.C14H16ClN3O2.C12H9NS/c1-8-5-24(6-9(2)23-8)17-13(20)15(22)12-16(14(17)21)25(10-3-4-10)7-11(18(12)26)19(27)28;1-14(2,3)12(19)13(18-9-16-8-17-18)20-11-6-4-10(15)5-7-11;1-3-7-11-9(5-1)13-10-6-2-4-8-12(10)14-11/h7-10,23H,3-6,22H2,1-2H3,(H,27,28);4-9,13H,1-3H3;1-8,13H/t8-,9+;;. The van der Waals surface area contributed by atoms with Gasteiger partial charge in [0.2, 0.25) is 11.2 Å². The maximum atomic E-state index is 15.6. The third-order valence-corrected chi connectivity index (χ3v) is 11.8. The lowest BCUT2D eigenvalue weighted by Crippen LogP contribution is -2.54. The highest BCUT2D eigenvalue weighted by atomic mass is 35.5. The summed E-state index contributed by atoms with van der Waals surface area (Å²) in [7, 11) is 0. The van der Waals surface area contributed by atoms with Crippen LogP contribution in [0.5, 0.6) is 5.75 Å². The van der Waals surface area contributed by atoms with Gasteiger partial charge < -0.3 is 35.7 Å². The number of carbonyl (C=O) groups is 2. The van der Waals surface area contributed by atoms with Gasteiger partial charge in [-0.05, 0) is 75.2 Å². The van der Waals surface area contributed by atoms with E-state index in [4.69, 9.17) is 22.1 Å². The zero-order valence-corrected chi connectivity index (χ0v) is 36.3. The van der Waals surface area contributed by atoms with Crippen molar-refractivity contribution in [3.05, 3.63) is 124 Å². The van der Waals surface area contributed by atoms with Crippen molar-refractivity contribution in [2.75, 3.05) is 29.0 Å². The van der Waals surface area contributed by atoms with Crippen LogP contribution < -0.4 is 31.4 Å². The summed E-state index contributed by atoms with van der Waals surface area (Å²) >= 11 is 7.65. The smallest absolute Gasteiger partial charge is 0.341 e. The second-order valence-corrected chi connectivity index (χ2v) is 18.0. The first kappa shape index (κ1) is 44.1. The second kappa shape index (κ2) is 18.2. The van der Waals surface area contributed by atoms with Gasteiger partial charge in [0.15, 0.2) is 11.6 Å². The number of rotatable bonds is 7. The Balaban J connectivity index is 0.000000148. The molecule has 1 saturated heterocycles. The molecule has 13 nitrogen and oxygen atoms in total. The van der Waals surface area contributed by atoms with E-state index in [1.165, 1.54) is 43.1 Å². The van der Waals surface area contributed by atoms with Crippen LogP contribution >= 0.6 is 23.4 Å². The number of aromatic nitrogens is 4. The summed E-state index contributed by atoms with van der Waals surface area (Å²) in [6.07, 6.45) is 4.59. The van der Waals surface area contributed by atoms with Crippen molar-refractivity contribution in [1.29, 1.82) is 0 Å². The van der Waals surface area contributed by atoms with E-state index < -0.39 is 51.3 Å². The minimum Gasteiger partial charge on any atom is -0.477 e. The number of ether oxygens (including phenoxy) is 1. The van der Waals surface area contributed by atoms with Gasteiger partial charge in [-0.2, -0.15) is 5.10 Å².